The first kappa shape index (κ1) is 14.4. The summed E-state index contributed by atoms with van der Waals surface area (Å²) in [5.74, 6) is 0.805. The predicted octanol–water partition coefficient (Wildman–Crippen LogP) is 4.38. The van der Waals surface area contributed by atoms with Gasteiger partial charge in [0.25, 0.3) is 0 Å². The van der Waals surface area contributed by atoms with E-state index in [-0.39, 0.29) is 0 Å². The van der Waals surface area contributed by atoms with Crippen LogP contribution in [0.2, 0.25) is 0 Å². The molecule has 0 bridgehead atoms. The van der Waals surface area contributed by atoms with E-state index in [2.05, 4.69) is 35.3 Å². The molecular weight excluding hydrogens is 264 g/mol. The fraction of sp³-hybridized carbons (Fsp3) is 0.176. The van der Waals surface area contributed by atoms with Crippen molar-refractivity contribution < 1.29 is 0 Å². The van der Waals surface area contributed by atoms with Crippen molar-refractivity contribution in [3.63, 3.8) is 0 Å². The van der Waals surface area contributed by atoms with E-state index in [4.69, 9.17) is 0 Å². The summed E-state index contributed by atoms with van der Waals surface area (Å²) >= 11 is 1.60. The van der Waals surface area contributed by atoms with Gasteiger partial charge in [0.1, 0.15) is 11.1 Å². The molecule has 20 heavy (non-hydrogen) atoms. The number of aryl methyl sites for hydroxylation is 2. The minimum absolute atomic E-state index is 0.689. The SMILES string of the molecule is Cc1cc(C)c(C#N)c(SCC=Cc2ccccc2)n1. The Morgan fingerprint density at radius 2 is 2.00 bits per heavy atom. The van der Waals surface area contributed by atoms with Crippen LogP contribution in [0.4, 0.5) is 0 Å². The Kier molecular flexibility index (Phi) is 4.97. The lowest BCUT2D eigenvalue weighted by Gasteiger charge is -2.05. The third kappa shape index (κ3) is 3.72. The summed E-state index contributed by atoms with van der Waals surface area (Å²) in [5, 5.41) is 10.0. The minimum atomic E-state index is 0.689. The van der Waals surface area contributed by atoms with Gasteiger partial charge in [-0.25, -0.2) is 4.98 Å². The second-order valence-electron chi connectivity index (χ2n) is 4.50. The van der Waals surface area contributed by atoms with E-state index in [0.29, 0.717) is 5.56 Å². The maximum Gasteiger partial charge on any atom is 0.115 e. The molecule has 2 rings (SSSR count). The molecule has 0 spiro atoms. The first-order valence-electron chi connectivity index (χ1n) is 6.43. The van der Waals surface area contributed by atoms with Crippen LogP contribution in [0.5, 0.6) is 0 Å². The number of hydrogen-bond donors (Lipinski definition) is 0. The number of rotatable bonds is 4. The van der Waals surface area contributed by atoms with Gasteiger partial charge in [0, 0.05) is 11.4 Å². The molecule has 0 N–H and O–H groups in total. The Labute approximate surface area is 124 Å². The summed E-state index contributed by atoms with van der Waals surface area (Å²) in [5.41, 5.74) is 3.82. The van der Waals surface area contributed by atoms with Gasteiger partial charge in [-0.05, 0) is 31.0 Å². The number of nitrogens with zero attached hydrogens (tertiary/aromatic N) is 2. The van der Waals surface area contributed by atoms with Gasteiger partial charge in [-0.15, -0.1) is 11.8 Å². The first-order chi connectivity index (χ1) is 9.70. The molecule has 2 aromatic rings. The fourth-order valence-electron chi connectivity index (χ4n) is 1.92. The summed E-state index contributed by atoms with van der Waals surface area (Å²) in [6.45, 7) is 3.91. The van der Waals surface area contributed by atoms with Crippen LogP contribution < -0.4 is 0 Å². The lowest BCUT2D eigenvalue weighted by molar-refractivity contribution is 1.03. The molecule has 0 aliphatic heterocycles. The molecule has 0 aliphatic rings. The van der Waals surface area contributed by atoms with Crippen LogP contribution in [-0.2, 0) is 0 Å². The second kappa shape index (κ2) is 6.93. The van der Waals surface area contributed by atoms with Crippen LogP contribution in [0.1, 0.15) is 22.4 Å². The van der Waals surface area contributed by atoms with Crippen molar-refractivity contribution in [2.24, 2.45) is 0 Å². The predicted molar refractivity (Wildman–Crippen MR) is 84.6 cm³/mol. The van der Waals surface area contributed by atoms with Crippen LogP contribution in [0, 0.1) is 25.2 Å². The van der Waals surface area contributed by atoms with E-state index < -0.39 is 0 Å². The van der Waals surface area contributed by atoms with E-state index in [1.165, 1.54) is 5.56 Å². The molecule has 1 aromatic heterocycles. The molecule has 0 radical (unpaired) electrons. The Morgan fingerprint density at radius 1 is 1.25 bits per heavy atom. The molecule has 0 aliphatic carbocycles. The zero-order chi connectivity index (χ0) is 14.4. The van der Waals surface area contributed by atoms with E-state index in [1.54, 1.807) is 11.8 Å². The van der Waals surface area contributed by atoms with Crippen molar-refractivity contribution in [2.45, 2.75) is 18.9 Å². The van der Waals surface area contributed by atoms with Crippen LogP contribution in [0.25, 0.3) is 6.08 Å². The number of benzene rings is 1. The van der Waals surface area contributed by atoms with Gasteiger partial charge in [0.15, 0.2) is 0 Å². The molecule has 2 nitrogen and oxygen atoms in total. The maximum absolute atomic E-state index is 9.20. The minimum Gasteiger partial charge on any atom is -0.245 e. The highest BCUT2D eigenvalue weighted by molar-refractivity contribution is 7.99. The molecule has 1 heterocycles. The quantitative estimate of drug-likeness (QED) is 0.780. The number of hydrogen-bond acceptors (Lipinski definition) is 3. The van der Waals surface area contributed by atoms with Crippen LogP contribution in [0.3, 0.4) is 0 Å². The Hall–Kier alpha value is -2.05. The number of thioether (sulfide) groups is 1. The highest BCUT2D eigenvalue weighted by atomic mass is 32.2. The molecule has 0 fully saturated rings. The molecule has 0 saturated heterocycles. The highest BCUT2D eigenvalue weighted by Gasteiger charge is 2.07. The lowest BCUT2D eigenvalue weighted by atomic mass is 10.1. The van der Waals surface area contributed by atoms with Crippen molar-refractivity contribution in [3.05, 3.63) is 64.9 Å². The van der Waals surface area contributed by atoms with Gasteiger partial charge < -0.3 is 0 Å². The topological polar surface area (TPSA) is 36.7 Å². The van der Waals surface area contributed by atoms with Gasteiger partial charge in [0.05, 0.1) is 5.56 Å². The summed E-state index contributed by atoms with van der Waals surface area (Å²) in [6.07, 6.45) is 4.18. The summed E-state index contributed by atoms with van der Waals surface area (Å²) in [7, 11) is 0. The normalized spacial score (nSPS) is 10.7. The second-order valence-corrected chi connectivity index (χ2v) is 5.51. The standard InChI is InChI=1S/C17H16N2S/c1-13-11-14(2)19-17(16(13)12-18)20-10-6-9-15-7-4-3-5-8-15/h3-9,11H,10H2,1-2H3. The van der Waals surface area contributed by atoms with Crippen LogP contribution in [-0.4, -0.2) is 10.7 Å². The van der Waals surface area contributed by atoms with E-state index >= 15 is 0 Å². The monoisotopic (exact) mass is 280 g/mol. The Bertz CT molecular complexity index is 655. The fourth-order valence-corrected chi connectivity index (χ4v) is 2.83. The number of aromatic nitrogens is 1. The molecule has 100 valence electrons. The van der Waals surface area contributed by atoms with Gasteiger partial charge >= 0.3 is 0 Å². The maximum atomic E-state index is 9.20. The Balaban J connectivity index is 2.05. The van der Waals surface area contributed by atoms with Crippen molar-refractivity contribution in [2.75, 3.05) is 5.75 Å². The molecule has 0 saturated carbocycles. The van der Waals surface area contributed by atoms with Gasteiger partial charge in [-0.1, -0.05) is 42.5 Å². The van der Waals surface area contributed by atoms with E-state index in [0.717, 1.165) is 22.0 Å². The summed E-state index contributed by atoms with van der Waals surface area (Å²) in [4.78, 5) is 4.46. The highest BCUT2D eigenvalue weighted by Crippen LogP contribution is 2.23. The molecule has 0 atom stereocenters. The van der Waals surface area contributed by atoms with Gasteiger partial charge in [-0.3, -0.25) is 0 Å². The zero-order valence-electron chi connectivity index (χ0n) is 11.6. The lowest BCUT2D eigenvalue weighted by Crippen LogP contribution is -1.94. The molecule has 0 amide bonds. The molecule has 0 unspecified atom stereocenters. The zero-order valence-corrected chi connectivity index (χ0v) is 12.4. The third-order valence-corrected chi connectivity index (χ3v) is 3.78. The van der Waals surface area contributed by atoms with Crippen LogP contribution >= 0.6 is 11.8 Å². The molecule has 1 aromatic carbocycles. The van der Waals surface area contributed by atoms with Crippen LogP contribution in [0.15, 0.2) is 47.5 Å². The smallest absolute Gasteiger partial charge is 0.115 e. The number of nitriles is 1. The van der Waals surface area contributed by atoms with Crippen molar-refractivity contribution in [3.8, 4) is 6.07 Å². The Morgan fingerprint density at radius 3 is 2.70 bits per heavy atom. The van der Waals surface area contributed by atoms with Crippen molar-refractivity contribution >= 4 is 17.8 Å². The van der Waals surface area contributed by atoms with Crippen molar-refractivity contribution in [1.82, 2.24) is 4.98 Å². The first-order valence-corrected chi connectivity index (χ1v) is 7.42. The average molecular weight is 280 g/mol. The van der Waals surface area contributed by atoms with E-state index in [1.807, 2.05) is 38.1 Å². The van der Waals surface area contributed by atoms with E-state index in [9.17, 15) is 5.26 Å². The van der Waals surface area contributed by atoms with Gasteiger partial charge in [-0.2, -0.15) is 5.26 Å². The van der Waals surface area contributed by atoms with Crippen molar-refractivity contribution in [1.29, 1.82) is 5.26 Å². The number of pyridine rings is 1. The average Bonchev–Trinajstić information content (AvgIpc) is 2.44. The summed E-state index contributed by atoms with van der Waals surface area (Å²) in [6, 6.07) is 14.4. The van der Waals surface area contributed by atoms with Gasteiger partial charge in [0.2, 0.25) is 0 Å². The largest absolute Gasteiger partial charge is 0.245 e. The summed E-state index contributed by atoms with van der Waals surface area (Å²) < 4.78 is 0. The molecular formula is C17H16N2S. The third-order valence-electron chi connectivity index (χ3n) is 2.85. The molecule has 3 heteroatoms.